The molecule has 0 aliphatic carbocycles. The molecule has 0 spiro atoms. The first-order valence-electron chi connectivity index (χ1n) is 12.4. The maximum atomic E-state index is 13.3. The van der Waals surface area contributed by atoms with Crippen LogP contribution in [0, 0.1) is 11.8 Å². The van der Waals surface area contributed by atoms with Crippen LogP contribution in [0.25, 0.3) is 0 Å². The molecule has 0 fully saturated rings. The summed E-state index contributed by atoms with van der Waals surface area (Å²) in [5, 5.41) is 3.34. The lowest BCUT2D eigenvalue weighted by Gasteiger charge is -2.25. The predicted molar refractivity (Wildman–Crippen MR) is 150 cm³/mol. The van der Waals surface area contributed by atoms with Gasteiger partial charge < -0.3 is 15.0 Å². The molecule has 2 heterocycles. The van der Waals surface area contributed by atoms with E-state index in [-0.39, 0.29) is 35.7 Å². The number of nitrogens with one attached hydrogen (secondary N) is 1. The summed E-state index contributed by atoms with van der Waals surface area (Å²) in [4.78, 5) is 29.2. The van der Waals surface area contributed by atoms with Crippen LogP contribution in [0.5, 0.6) is 0 Å². The molecule has 1 aliphatic rings. The van der Waals surface area contributed by atoms with Gasteiger partial charge in [0.2, 0.25) is 10.0 Å². The van der Waals surface area contributed by atoms with Crippen molar-refractivity contribution in [3.8, 4) is 0 Å². The fraction of sp³-hybridized carbons (Fsp3) is 0.538. The van der Waals surface area contributed by atoms with Crippen molar-refractivity contribution in [2.45, 2.75) is 52.5 Å². The van der Waals surface area contributed by atoms with E-state index in [2.05, 4.69) is 10.2 Å². The molecule has 3 rings (SSSR count). The minimum Gasteiger partial charge on any atom is -0.462 e. The monoisotopic (exact) mass is 571 g/mol. The van der Waals surface area contributed by atoms with Gasteiger partial charge in [0.15, 0.2) is 0 Å². The van der Waals surface area contributed by atoms with Gasteiger partial charge in [-0.05, 0) is 62.1 Å². The van der Waals surface area contributed by atoms with Gasteiger partial charge in [-0.3, -0.25) is 4.79 Å². The first kappa shape index (κ1) is 31.2. The minimum atomic E-state index is -3.69. The fourth-order valence-electron chi connectivity index (χ4n) is 4.23. The van der Waals surface area contributed by atoms with Crippen molar-refractivity contribution in [3.63, 3.8) is 0 Å². The van der Waals surface area contributed by atoms with Crippen molar-refractivity contribution in [2.24, 2.45) is 11.8 Å². The number of benzene rings is 1. The Labute approximate surface area is 230 Å². The van der Waals surface area contributed by atoms with Crippen LogP contribution >= 0.6 is 23.7 Å². The molecule has 1 aliphatic heterocycles. The molecule has 1 aromatic carbocycles. The Morgan fingerprint density at radius 3 is 2.24 bits per heavy atom. The van der Waals surface area contributed by atoms with E-state index in [9.17, 15) is 18.0 Å². The number of rotatable bonds is 10. The number of sulfonamides is 1. The third kappa shape index (κ3) is 7.54. The minimum absolute atomic E-state index is 0. The maximum absolute atomic E-state index is 13.3. The Hall–Kier alpha value is -1.98. The molecule has 1 amide bonds. The first-order valence-corrected chi connectivity index (χ1v) is 14.6. The van der Waals surface area contributed by atoms with Crippen LogP contribution in [-0.2, 0) is 27.7 Å². The molecular weight excluding hydrogens is 534 g/mol. The van der Waals surface area contributed by atoms with Crippen LogP contribution in [0.4, 0.5) is 5.00 Å². The Kier molecular flexibility index (Phi) is 11.1. The van der Waals surface area contributed by atoms with Gasteiger partial charge >= 0.3 is 5.97 Å². The lowest BCUT2D eigenvalue weighted by Crippen LogP contribution is -2.37. The highest BCUT2D eigenvalue weighted by Gasteiger charge is 2.29. The van der Waals surface area contributed by atoms with Crippen molar-refractivity contribution >= 4 is 50.6 Å². The van der Waals surface area contributed by atoms with Gasteiger partial charge in [0, 0.05) is 36.6 Å². The lowest BCUT2D eigenvalue weighted by atomic mass is 10.0. The highest BCUT2D eigenvalue weighted by molar-refractivity contribution is 7.89. The number of fused-ring (bicyclic) bond motifs is 1. The molecule has 2 aromatic rings. The topological polar surface area (TPSA) is 96.0 Å². The van der Waals surface area contributed by atoms with E-state index in [1.807, 2.05) is 34.7 Å². The van der Waals surface area contributed by atoms with Gasteiger partial charge in [-0.2, -0.15) is 4.31 Å². The van der Waals surface area contributed by atoms with E-state index >= 15 is 0 Å². The summed E-state index contributed by atoms with van der Waals surface area (Å²) in [6.45, 7) is 12.3. The predicted octanol–water partition coefficient (Wildman–Crippen LogP) is 4.89. The number of nitrogens with zero attached hydrogens (tertiary/aromatic N) is 2. The normalized spacial score (nSPS) is 14.0. The van der Waals surface area contributed by atoms with Crippen molar-refractivity contribution in [2.75, 3.05) is 38.6 Å². The number of amides is 1. The molecule has 0 atom stereocenters. The van der Waals surface area contributed by atoms with E-state index in [1.54, 1.807) is 6.92 Å². The molecule has 8 nitrogen and oxygen atoms in total. The van der Waals surface area contributed by atoms with E-state index in [0.717, 1.165) is 17.0 Å². The second-order valence-electron chi connectivity index (χ2n) is 10.0. The average molecular weight is 572 g/mol. The SMILES string of the molecule is CCOC(=O)c1c(NC(=O)c2ccc(S(=O)(=O)N(CC(C)C)CC(C)C)cc2)sc2c1CCN(C)C2.Cl. The molecule has 1 aromatic heterocycles. The Morgan fingerprint density at radius 1 is 1.11 bits per heavy atom. The zero-order chi connectivity index (χ0) is 26.6. The molecule has 0 unspecified atom stereocenters. The third-order valence-corrected chi connectivity index (χ3v) is 8.82. The molecular formula is C26H38ClN3O5S2. The Balaban J connectivity index is 0.00000481. The molecule has 0 radical (unpaired) electrons. The van der Waals surface area contributed by atoms with Crippen molar-refractivity contribution in [1.29, 1.82) is 0 Å². The number of thiophene rings is 1. The number of carbonyl (C=O) groups excluding carboxylic acids is 2. The fourth-order valence-corrected chi connectivity index (χ4v) is 7.30. The van der Waals surface area contributed by atoms with Gasteiger partial charge in [-0.1, -0.05) is 27.7 Å². The summed E-state index contributed by atoms with van der Waals surface area (Å²) in [5.74, 6) is -0.466. The van der Waals surface area contributed by atoms with Crippen molar-refractivity contribution in [1.82, 2.24) is 9.21 Å². The van der Waals surface area contributed by atoms with Crippen LogP contribution in [0.15, 0.2) is 29.2 Å². The standard InChI is InChI=1S/C26H37N3O5S2.ClH/c1-7-34-26(31)23-21-12-13-28(6)16-22(21)35-25(23)27-24(30)19-8-10-20(11-9-19)36(32,33)29(14-17(2)3)15-18(4)5;/h8-11,17-18H,7,12-16H2,1-6H3,(H,27,30);1H. The van der Waals surface area contributed by atoms with Crippen LogP contribution in [0.1, 0.15) is 65.8 Å². The van der Waals surface area contributed by atoms with Crippen LogP contribution < -0.4 is 5.32 Å². The zero-order valence-corrected chi connectivity index (χ0v) is 24.8. The highest BCUT2D eigenvalue weighted by atomic mass is 35.5. The van der Waals surface area contributed by atoms with E-state index in [0.29, 0.717) is 42.2 Å². The quantitative estimate of drug-likeness (QED) is 0.408. The molecule has 0 saturated carbocycles. The highest BCUT2D eigenvalue weighted by Crippen LogP contribution is 2.37. The average Bonchev–Trinajstić information content (AvgIpc) is 3.15. The van der Waals surface area contributed by atoms with E-state index in [1.165, 1.54) is 39.9 Å². The Bertz CT molecular complexity index is 1180. The van der Waals surface area contributed by atoms with E-state index in [4.69, 9.17) is 4.74 Å². The van der Waals surface area contributed by atoms with Gasteiger partial charge in [-0.15, -0.1) is 23.7 Å². The third-order valence-electron chi connectivity index (χ3n) is 5.85. The molecule has 1 N–H and O–H groups in total. The number of anilines is 1. The molecule has 0 bridgehead atoms. The number of halogens is 1. The van der Waals surface area contributed by atoms with Crippen molar-refractivity contribution in [3.05, 3.63) is 45.8 Å². The summed E-state index contributed by atoms with van der Waals surface area (Å²) in [5.41, 5.74) is 1.67. The first-order chi connectivity index (χ1) is 16.9. The summed E-state index contributed by atoms with van der Waals surface area (Å²) in [6.07, 6.45) is 0.710. The summed E-state index contributed by atoms with van der Waals surface area (Å²) in [6, 6.07) is 5.96. The van der Waals surface area contributed by atoms with Crippen molar-refractivity contribution < 1.29 is 22.7 Å². The molecule has 0 saturated heterocycles. The van der Waals surface area contributed by atoms with Gasteiger partial charge in [0.1, 0.15) is 5.00 Å². The molecule has 37 heavy (non-hydrogen) atoms. The number of hydrogen-bond acceptors (Lipinski definition) is 7. The van der Waals surface area contributed by atoms with Gasteiger partial charge in [0.25, 0.3) is 5.91 Å². The van der Waals surface area contributed by atoms with Gasteiger partial charge in [0.05, 0.1) is 17.1 Å². The molecule has 11 heteroatoms. The Morgan fingerprint density at radius 2 is 1.70 bits per heavy atom. The lowest BCUT2D eigenvalue weighted by molar-refractivity contribution is 0.0526. The van der Waals surface area contributed by atoms with E-state index < -0.39 is 21.9 Å². The summed E-state index contributed by atoms with van der Waals surface area (Å²) < 4.78 is 33.3. The number of hydrogen-bond donors (Lipinski definition) is 1. The summed E-state index contributed by atoms with van der Waals surface area (Å²) in [7, 11) is -1.67. The van der Waals surface area contributed by atoms with Gasteiger partial charge in [-0.25, -0.2) is 13.2 Å². The van der Waals surface area contributed by atoms with Crippen LogP contribution in [0.3, 0.4) is 0 Å². The molecule has 206 valence electrons. The summed E-state index contributed by atoms with van der Waals surface area (Å²) >= 11 is 1.39. The maximum Gasteiger partial charge on any atom is 0.341 e. The zero-order valence-electron chi connectivity index (χ0n) is 22.4. The number of ether oxygens (including phenoxy) is 1. The second kappa shape index (κ2) is 13.2. The number of likely N-dealkylation sites (N-methyl/N-ethyl adjacent to an activating group) is 1. The largest absolute Gasteiger partial charge is 0.462 e. The second-order valence-corrected chi connectivity index (χ2v) is 13.0. The van der Waals surface area contributed by atoms with Crippen LogP contribution in [0.2, 0.25) is 0 Å². The number of esters is 1. The number of carbonyl (C=O) groups is 2. The smallest absolute Gasteiger partial charge is 0.341 e. The van der Waals surface area contributed by atoms with Crippen LogP contribution in [-0.4, -0.2) is 62.8 Å².